The summed E-state index contributed by atoms with van der Waals surface area (Å²) in [6, 6.07) is 0. The Labute approximate surface area is 105 Å². The Morgan fingerprint density at radius 1 is 1.19 bits per heavy atom. The van der Waals surface area contributed by atoms with Gasteiger partial charge in [-0.15, -0.1) is 0 Å². The molecule has 0 aromatic carbocycles. The molecule has 1 rings (SSSR count). The third-order valence-electron chi connectivity index (χ3n) is 2.17. The molecule has 4 nitrogen and oxygen atoms in total. The molecule has 0 spiro atoms. The lowest BCUT2D eigenvalue weighted by Crippen LogP contribution is -3.07. The highest BCUT2D eigenvalue weighted by Gasteiger charge is 2.16. The summed E-state index contributed by atoms with van der Waals surface area (Å²) in [5.74, 6) is 0. The lowest BCUT2D eigenvalue weighted by atomic mass is 10.5. The van der Waals surface area contributed by atoms with Gasteiger partial charge in [-0.05, 0) is 12.8 Å². The molecule has 0 saturated heterocycles. The van der Waals surface area contributed by atoms with E-state index in [9.17, 15) is 0 Å². The van der Waals surface area contributed by atoms with Crippen LogP contribution in [-0.2, 0) is 9.47 Å². The van der Waals surface area contributed by atoms with E-state index in [2.05, 4.69) is 31.1 Å². The first-order valence-electron chi connectivity index (χ1n) is 5.79. The summed E-state index contributed by atoms with van der Waals surface area (Å²) in [7, 11) is 0. The Balaban J connectivity index is 0.00000225. The molecular formula is C11H23ClN2O2. The first kappa shape index (κ1) is 15.7. The third kappa shape index (κ3) is 6.33. The van der Waals surface area contributed by atoms with Crippen LogP contribution in [0.1, 0.15) is 26.7 Å². The zero-order chi connectivity index (χ0) is 10.9. The molecule has 0 saturated carbocycles. The van der Waals surface area contributed by atoms with E-state index in [1.54, 1.807) is 0 Å². The van der Waals surface area contributed by atoms with Crippen LogP contribution in [0, 0.1) is 0 Å². The molecule has 5 heteroatoms. The van der Waals surface area contributed by atoms with Crippen LogP contribution in [0.4, 0.5) is 0 Å². The third-order valence-corrected chi connectivity index (χ3v) is 2.17. The van der Waals surface area contributed by atoms with Crippen molar-refractivity contribution in [3.63, 3.8) is 0 Å². The van der Waals surface area contributed by atoms with Gasteiger partial charge in [0.1, 0.15) is 12.9 Å². The Morgan fingerprint density at radius 2 is 1.88 bits per heavy atom. The van der Waals surface area contributed by atoms with Crippen LogP contribution in [0.2, 0.25) is 0 Å². The molecule has 1 N–H and O–H groups in total. The van der Waals surface area contributed by atoms with E-state index in [0.717, 1.165) is 39.5 Å². The van der Waals surface area contributed by atoms with Crippen molar-refractivity contribution in [1.29, 1.82) is 0 Å². The summed E-state index contributed by atoms with van der Waals surface area (Å²) >= 11 is 0. The lowest BCUT2D eigenvalue weighted by molar-refractivity contribution is -0.871. The summed E-state index contributed by atoms with van der Waals surface area (Å²) in [4.78, 5) is 3.50. The second-order valence-electron chi connectivity index (χ2n) is 3.81. The second-order valence-corrected chi connectivity index (χ2v) is 3.81. The number of ether oxygens (including phenoxy) is 2. The van der Waals surface area contributed by atoms with Crippen molar-refractivity contribution in [2.75, 3.05) is 33.3 Å². The molecule has 1 heterocycles. The number of hydrogen-bond donors (Lipinski definition) is 1. The molecule has 1 unspecified atom stereocenters. The molecule has 1 atom stereocenters. The largest absolute Gasteiger partial charge is 1.00 e. The van der Waals surface area contributed by atoms with Crippen LogP contribution in [-0.4, -0.2) is 38.2 Å². The fourth-order valence-corrected chi connectivity index (χ4v) is 1.43. The molecule has 1 aliphatic heterocycles. The molecule has 96 valence electrons. The Kier molecular flexibility index (Phi) is 9.72. The molecule has 0 aromatic rings. The van der Waals surface area contributed by atoms with Crippen molar-refractivity contribution in [2.45, 2.75) is 26.7 Å². The van der Waals surface area contributed by atoms with E-state index in [-0.39, 0.29) is 12.4 Å². The number of nitrogens with one attached hydrogen (secondary N) is 1. The first-order valence-corrected chi connectivity index (χ1v) is 5.79. The second kappa shape index (κ2) is 9.90. The Bertz CT molecular complexity index is 173. The van der Waals surface area contributed by atoms with Gasteiger partial charge in [0.2, 0.25) is 0 Å². The average molecular weight is 251 g/mol. The maximum Gasteiger partial charge on any atom is 0.187 e. The van der Waals surface area contributed by atoms with E-state index in [0.29, 0.717) is 6.73 Å². The maximum atomic E-state index is 5.48. The van der Waals surface area contributed by atoms with E-state index < -0.39 is 0 Å². The van der Waals surface area contributed by atoms with Crippen molar-refractivity contribution in [3.8, 4) is 0 Å². The van der Waals surface area contributed by atoms with Crippen LogP contribution in [0.3, 0.4) is 0 Å². The van der Waals surface area contributed by atoms with Crippen LogP contribution >= 0.6 is 0 Å². The number of halogens is 1. The van der Waals surface area contributed by atoms with Gasteiger partial charge in [-0.25, -0.2) is 0 Å². The van der Waals surface area contributed by atoms with Gasteiger partial charge in [-0.1, -0.05) is 13.8 Å². The van der Waals surface area contributed by atoms with E-state index in [1.165, 1.54) is 4.90 Å². The first-order chi connectivity index (χ1) is 7.36. The molecule has 0 aromatic heterocycles. The van der Waals surface area contributed by atoms with Gasteiger partial charge < -0.3 is 26.8 Å². The number of hydrogen-bond acceptors (Lipinski definition) is 3. The van der Waals surface area contributed by atoms with Crippen molar-refractivity contribution < 1.29 is 26.8 Å². The summed E-state index contributed by atoms with van der Waals surface area (Å²) in [5, 5.41) is 0. The fraction of sp³-hybridized carbons (Fsp3) is 0.818. The molecule has 0 bridgehead atoms. The smallest absolute Gasteiger partial charge is 0.187 e. The van der Waals surface area contributed by atoms with Gasteiger partial charge in [0.15, 0.2) is 13.4 Å². The van der Waals surface area contributed by atoms with Crippen LogP contribution in [0.25, 0.3) is 0 Å². The van der Waals surface area contributed by atoms with Crippen LogP contribution in [0.5, 0.6) is 0 Å². The quantitative estimate of drug-likeness (QED) is 0.478. The molecule has 1 aliphatic rings. The van der Waals surface area contributed by atoms with Gasteiger partial charge in [-0.2, -0.15) is 0 Å². The van der Waals surface area contributed by atoms with Crippen LogP contribution < -0.4 is 17.3 Å². The molecule has 0 aliphatic carbocycles. The summed E-state index contributed by atoms with van der Waals surface area (Å²) in [6.45, 7) is 8.34. The highest BCUT2D eigenvalue weighted by Crippen LogP contribution is 1.92. The predicted octanol–water partition coefficient (Wildman–Crippen LogP) is -2.61. The van der Waals surface area contributed by atoms with Gasteiger partial charge in [-0.3, -0.25) is 4.90 Å². The van der Waals surface area contributed by atoms with E-state index in [4.69, 9.17) is 9.47 Å². The van der Waals surface area contributed by atoms with Crippen molar-refractivity contribution in [2.24, 2.45) is 0 Å². The molecule has 0 amide bonds. The SMILES string of the molecule is CCCOCN1C=C[NH+](COCCC)C1.[Cl-]. The molecule has 0 fully saturated rings. The molecular weight excluding hydrogens is 228 g/mol. The topological polar surface area (TPSA) is 26.1 Å². The highest BCUT2D eigenvalue weighted by atomic mass is 35.5. The van der Waals surface area contributed by atoms with Crippen molar-refractivity contribution in [1.82, 2.24) is 4.90 Å². The van der Waals surface area contributed by atoms with Gasteiger partial charge in [0.05, 0.1) is 12.8 Å². The van der Waals surface area contributed by atoms with Gasteiger partial charge in [0, 0.05) is 6.61 Å². The number of rotatable bonds is 8. The minimum Gasteiger partial charge on any atom is -1.00 e. The van der Waals surface area contributed by atoms with E-state index >= 15 is 0 Å². The minimum absolute atomic E-state index is 0. The van der Waals surface area contributed by atoms with Gasteiger partial charge >= 0.3 is 0 Å². The monoisotopic (exact) mass is 250 g/mol. The lowest BCUT2D eigenvalue weighted by Gasteiger charge is -2.16. The molecule has 16 heavy (non-hydrogen) atoms. The zero-order valence-electron chi connectivity index (χ0n) is 10.2. The van der Waals surface area contributed by atoms with Crippen LogP contribution in [0.15, 0.2) is 12.4 Å². The minimum atomic E-state index is 0. The number of quaternary nitrogens is 1. The fourth-order valence-electron chi connectivity index (χ4n) is 1.43. The van der Waals surface area contributed by atoms with E-state index in [1.807, 2.05) is 0 Å². The zero-order valence-corrected chi connectivity index (χ0v) is 11.0. The Morgan fingerprint density at radius 3 is 2.56 bits per heavy atom. The maximum absolute atomic E-state index is 5.48. The average Bonchev–Trinajstić information content (AvgIpc) is 2.67. The summed E-state index contributed by atoms with van der Waals surface area (Å²) < 4.78 is 10.9. The Hall–Kier alpha value is -0.290. The number of nitrogens with zero attached hydrogens (tertiary/aromatic N) is 1. The van der Waals surface area contributed by atoms with Crippen molar-refractivity contribution in [3.05, 3.63) is 12.4 Å². The van der Waals surface area contributed by atoms with Crippen molar-refractivity contribution >= 4 is 0 Å². The highest BCUT2D eigenvalue weighted by molar-refractivity contribution is 4.75. The molecule has 0 radical (unpaired) electrons. The summed E-state index contributed by atoms with van der Waals surface area (Å²) in [6.07, 6.45) is 6.37. The predicted molar refractivity (Wildman–Crippen MR) is 59.0 cm³/mol. The normalized spacial score (nSPS) is 18.9. The standard InChI is InChI=1S/C11H22N2O2.ClH/c1-3-7-14-10-12-5-6-13(9-12)11-15-8-4-2;/h5-6H,3-4,7-11H2,1-2H3;1H. The summed E-state index contributed by atoms with van der Waals surface area (Å²) in [5.41, 5.74) is 0. The van der Waals surface area contributed by atoms with Gasteiger partial charge in [0.25, 0.3) is 0 Å².